The van der Waals surface area contributed by atoms with Crippen LogP contribution in [0.2, 0.25) is 0 Å². The minimum absolute atomic E-state index is 0.0635. The Morgan fingerprint density at radius 1 is 0.262 bits per heavy atom. The van der Waals surface area contributed by atoms with Crippen LogP contribution in [-0.2, 0) is 28.6 Å². The summed E-state index contributed by atoms with van der Waals surface area (Å²) < 4.78 is 16.9. The van der Waals surface area contributed by atoms with Crippen LogP contribution in [0.4, 0.5) is 0 Å². The normalized spacial score (nSPS) is 12.1. The number of ether oxygens (including phenoxy) is 3. The first-order valence-corrected chi connectivity index (χ1v) is 29.1. The van der Waals surface area contributed by atoms with Crippen molar-refractivity contribution in [3.05, 3.63) is 0 Å². The average Bonchev–Trinajstić information content (AvgIpc) is 3.26. The molecule has 0 aromatic heterocycles. The highest BCUT2D eigenvalue weighted by Crippen LogP contribution is 2.18. The van der Waals surface area contributed by atoms with Crippen molar-refractivity contribution < 1.29 is 28.6 Å². The molecule has 0 aromatic rings. The molecule has 1 atom stereocenters. The van der Waals surface area contributed by atoms with Gasteiger partial charge >= 0.3 is 17.9 Å². The van der Waals surface area contributed by atoms with Crippen LogP contribution in [0.25, 0.3) is 0 Å². The van der Waals surface area contributed by atoms with E-state index in [2.05, 4.69) is 41.5 Å². The van der Waals surface area contributed by atoms with Crippen LogP contribution < -0.4 is 0 Å². The maximum absolute atomic E-state index is 12.9. The molecule has 386 valence electrons. The van der Waals surface area contributed by atoms with E-state index in [0.29, 0.717) is 19.3 Å². The summed E-state index contributed by atoms with van der Waals surface area (Å²) in [5.41, 5.74) is 0. The second-order valence-electron chi connectivity index (χ2n) is 21.7. The van der Waals surface area contributed by atoms with Crippen molar-refractivity contribution in [2.24, 2.45) is 17.8 Å². The molecule has 0 saturated heterocycles. The van der Waals surface area contributed by atoms with Crippen molar-refractivity contribution in [1.29, 1.82) is 0 Å². The SMILES string of the molecule is CC(C)CCCCCCCCCCCCCCCCC(=O)O[C@@H](COC(=O)CCCCCCCCCCCCCCCC(C)C)COC(=O)CCCCCCCCCCCCCC(C)C. The van der Waals surface area contributed by atoms with Crippen LogP contribution in [0.15, 0.2) is 0 Å². The molecule has 0 radical (unpaired) electrons. The molecule has 0 spiro atoms. The topological polar surface area (TPSA) is 78.9 Å². The van der Waals surface area contributed by atoms with E-state index in [4.69, 9.17) is 14.2 Å². The molecule has 65 heavy (non-hydrogen) atoms. The molecule has 0 aliphatic heterocycles. The van der Waals surface area contributed by atoms with Gasteiger partial charge in [0.05, 0.1) is 0 Å². The molecule has 6 heteroatoms. The van der Waals surface area contributed by atoms with E-state index in [1.807, 2.05) is 0 Å². The van der Waals surface area contributed by atoms with Gasteiger partial charge in [-0.3, -0.25) is 14.4 Å². The van der Waals surface area contributed by atoms with E-state index < -0.39 is 6.10 Å². The Bertz CT molecular complexity index is 1010. The molecule has 0 bridgehead atoms. The van der Waals surface area contributed by atoms with Gasteiger partial charge in [0, 0.05) is 19.3 Å². The predicted octanol–water partition coefficient (Wildman–Crippen LogP) is 19.1. The highest BCUT2D eigenvalue weighted by molar-refractivity contribution is 5.71. The summed E-state index contributed by atoms with van der Waals surface area (Å²) >= 11 is 0. The molecule has 0 amide bonds. The molecular formula is C59H114O6. The lowest BCUT2D eigenvalue weighted by molar-refractivity contribution is -0.167. The van der Waals surface area contributed by atoms with Crippen LogP contribution in [0.1, 0.15) is 324 Å². The van der Waals surface area contributed by atoms with Crippen LogP contribution >= 0.6 is 0 Å². The average molecular weight is 920 g/mol. The first kappa shape index (κ1) is 63.4. The number of esters is 3. The van der Waals surface area contributed by atoms with Crippen molar-refractivity contribution in [1.82, 2.24) is 0 Å². The molecule has 0 aromatic carbocycles. The summed E-state index contributed by atoms with van der Waals surface area (Å²) in [6, 6.07) is 0. The highest BCUT2D eigenvalue weighted by atomic mass is 16.6. The Balaban J connectivity index is 4.31. The zero-order chi connectivity index (χ0) is 47.7. The third-order valence-corrected chi connectivity index (χ3v) is 13.4. The number of unbranched alkanes of at least 4 members (excludes halogenated alkanes) is 35. The Morgan fingerprint density at radius 2 is 0.446 bits per heavy atom. The van der Waals surface area contributed by atoms with Gasteiger partial charge in [-0.1, -0.05) is 286 Å². The van der Waals surface area contributed by atoms with Gasteiger partial charge in [-0.2, -0.15) is 0 Å². The Kier molecular flexibility index (Phi) is 49.1. The minimum Gasteiger partial charge on any atom is -0.462 e. The van der Waals surface area contributed by atoms with Crippen LogP contribution in [0.5, 0.6) is 0 Å². The monoisotopic (exact) mass is 919 g/mol. The van der Waals surface area contributed by atoms with E-state index in [1.54, 1.807) is 0 Å². The second-order valence-corrected chi connectivity index (χ2v) is 21.7. The van der Waals surface area contributed by atoms with Gasteiger partial charge in [-0.25, -0.2) is 0 Å². The van der Waals surface area contributed by atoms with Crippen molar-refractivity contribution in [2.75, 3.05) is 13.2 Å². The lowest BCUT2D eigenvalue weighted by atomic mass is 10.0. The van der Waals surface area contributed by atoms with Crippen molar-refractivity contribution >= 4 is 17.9 Å². The maximum atomic E-state index is 12.9. The Labute approximate surface area is 406 Å². The van der Waals surface area contributed by atoms with Gasteiger partial charge in [0.1, 0.15) is 13.2 Å². The Hall–Kier alpha value is -1.59. The van der Waals surface area contributed by atoms with Gasteiger partial charge in [0.2, 0.25) is 0 Å². The summed E-state index contributed by atoms with van der Waals surface area (Å²) in [6.07, 6.45) is 52.3. The fourth-order valence-electron chi connectivity index (χ4n) is 9.00. The molecule has 0 rings (SSSR count). The lowest BCUT2D eigenvalue weighted by Gasteiger charge is -2.18. The van der Waals surface area contributed by atoms with E-state index in [9.17, 15) is 14.4 Å². The zero-order valence-corrected chi connectivity index (χ0v) is 44.8. The minimum atomic E-state index is -0.764. The van der Waals surface area contributed by atoms with Gasteiger partial charge in [0.15, 0.2) is 6.10 Å². The molecule has 0 heterocycles. The molecule has 0 N–H and O–H groups in total. The number of rotatable bonds is 52. The van der Waals surface area contributed by atoms with E-state index in [-0.39, 0.29) is 31.1 Å². The summed E-state index contributed by atoms with van der Waals surface area (Å²) in [4.78, 5) is 38.2. The molecule has 0 aliphatic rings. The number of hydrogen-bond donors (Lipinski definition) is 0. The van der Waals surface area contributed by atoms with Crippen molar-refractivity contribution in [3.63, 3.8) is 0 Å². The second kappa shape index (κ2) is 50.3. The first-order valence-electron chi connectivity index (χ1n) is 29.1. The molecular weight excluding hydrogens is 805 g/mol. The molecule has 6 nitrogen and oxygen atoms in total. The fraction of sp³-hybridized carbons (Fsp3) is 0.949. The van der Waals surface area contributed by atoms with Crippen LogP contribution in [0, 0.1) is 17.8 Å². The summed E-state index contributed by atoms with van der Waals surface area (Å²) in [5.74, 6) is 1.67. The van der Waals surface area contributed by atoms with E-state index in [1.165, 1.54) is 205 Å². The smallest absolute Gasteiger partial charge is 0.306 e. The fourth-order valence-corrected chi connectivity index (χ4v) is 9.00. The van der Waals surface area contributed by atoms with Gasteiger partial charge in [0.25, 0.3) is 0 Å². The standard InChI is InChI=1S/C59H114O6/c1-53(2)45-39-33-27-21-15-10-7-8-12-19-26-32-38-44-50-59(62)65-56(52-64-58(61)49-43-37-31-25-20-14-17-23-29-35-41-47-55(5)6)51-63-57(60)48-42-36-30-24-18-13-9-11-16-22-28-34-40-46-54(3)4/h53-56H,7-52H2,1-6H3/t56-/m0/s1. The predicted molar refractivity (Wildman–Crippen MR) is 279 cm³/mol. The summed E-state index contributed by atoms with van der Waals surface area (Å²) in [5, 5.41) is 0. The maximum Gasteiger partial charge on any atom is 0.306 e. The number of carbonyl (C=O) groups excluding carboxylic acids is 3. The number of carbonyl (C=O) groups is 3. The summed E-state index contributed by atoms with van der Waals surface area (Å²) in [7, 11) is 0. The van der Waals surface area contributed by atoms with Gasteiger partial charge in [-0.15, -0.1) is 0 Å². The Morgan fingerprint density at radius 3 is 0.662 bits per heavy atom. The van der Waals surface area contributed by atoms with Gasteiger partial charge < -0.3 is 14.2 Å². The van der Waals surface area contributed by atoms with Crippen LogP contribution in [0.3, 0.4) is 0 Å². The van der Waals surface area contributed by atoms with E-state index in [0.717, 1.165) is 75.5 Å². The van der Waals surface area contributed by atoms with Crippen molar-refractivity contribution in [2.45, 2.75) is 330 Å². The first-order chi connectivity index (χ1) is 31.6. The molecule has 0 aliphatic carbocycles. The molecule has 0 unspecified atom stereocenters. The van der Waals surface area contributed by atoms with Gasteiger partial charge in [-0.05, 0) is 37.0 Å². The highest BCUT2D eigenvalue weighted by Gasteiger charge is 2.19. The lowest BCUT2D eigenvalue weighted by Crippen LogP contribution is -2.30. The summed E-state index contributed by atoms with van der Waals surface area (Å²) in [6.45, 7) is 13.8. The zero-order valence-electron chi connectivity index (χ0n) is 44.8. The number of hydrogen-bond acceptors (Lipinski definition) is 6. The van der Waals surface area contributed by atoms with Crippen LogP contribution in [-0.4, -0.2) is 37.2 Å². The largest absolute Gasteiger partial charge is 0.462 e. The molecule has 0 fully saturated rings. The molecule has 0 saturated carbocycles. The third kappa shape index (κ3) is 53.2. The van der Waals surface area contributed by atoms with Crippen molar-refractivity contribution in [3.8, 4) is 0 Å². The quantitative estimate of drug-likeness (QED) is 0.0344. The third-order valence-electron chi connectivity index (χ3n) is 13.4. The van der Waals surface area contributed by atoms with E-state index >= 15 is 0 Å².